The molecule has 0 aromatic carbocycles. The Kier molecular flexibility index (Phi) is 4.53. The van der Waals surface area contributed by atoms with Gasteiger partial charge in [-0.05, 0) is 36.5 Å². The molecule has 0 aromatic heterocycles. The van der Waals surface area contributed by atoms with Crippen LogP contribution >= 0.6 is 0 Å². The molecule has 0 saturated carbocycles. The van der Waals surface area contributed by atoms with Crippen molar-refractivity contribution in [3.63, 3.8) is 0 Å². The van der Waals surface area contributed by atoms with Crippen LogP contribution in [0.4, 0.5) is 0 Å². The third-order valence-electron chi connectivity index (χ3n) is 2.19. The number of rotatable bonds is 4. The first-order valence-corrected chi connectivity index (χ1v) is 4.65. The van der Waals surface area contributed by atoms with E-state index in [0.717, 1.165) is 16.8 Å². The van der Waals surface area contributed by atoms with Gasteiger partial charge in [-0.1, -0.05) is 27.0 Å². The molecule has 0 atom stereocenters. The minimum atomic E-state index is 0.468. The highest BCUT2D eigenvalue weighted by Gasteiger charge is 2.10. The summed E-state index contributed by atoms with van der Waals surface area (Å²) in [6, 6.07) is 0. The Morgan fingerprint density at radius 2 is 1.62 bits per heavy atom. The molecule has 1 nitrogen and oxygen atoms in total. The van der Waals surface area contributed by atoms with E-state index >= 15 is 0 Å². The highest BCUT2D eigenvalue weighted by molar-refractivity contribution is 5.46. The summed E-state index contributed by atoms with van der Waals surface area (Å²) in [6.45, 7) is 16.4. The molecule has 0 radical (unpaired) electrons. The summed E-state index contributed by atoms with van der Waals surface area (Å²) in [5.41, 5.74) is 4.55. The molecule has 0 spiro atoms. The number of hydrogen-bond donors (Lipinski definition) is 1. The van der Waals surface area contributed by atoms with Gasteiger partial charge in [0, 0.05) is 12.7 Å². The molecule has 0 amide bonds. The monoisotopic (exact) mass is 179 g/mol. The van der Waals surface area contributed by atoms with E-state index in [2.05, 4.69) is 39.2 Å². The summed E-state index contributed by atoms with van der Waals surface area (Å²) in [6.07, 6.45) is 0. The van der Waals surface area contributed by atoms with E-state index in [1.165, 1.54) is 5.57 Å². The van der Waals surface area contributed by atoms with Crippen LogP contribution in [0.25, 0.3) is 0 Å². The molecule has 74 valence electrons. The van der Waals surface area contributed by atoms with Crippen molar-refractivity contribution >= 4 is 0 Å². The third-order valence-corrected chi connectivity index (χ3v) is 2.19. The Labute approximate surface area is 82.2 Å². The van der Waals surface area contributed by atoms with Crippen molar-refractivity contribution in [1.82, 2.24) is 5.32 Å². The van der Waals surface area contributed by atoms with Gasteiger partial charge >= 0.3 is 0 Å². The predicted molar refractivity (Wildman–Crippen MR) is 60.6 cm³/mol. The van der Waals surface area contributed by atoms with Gasteiger partial charge in [-0.15, -0.1) is 0 Å². The average molecular weight is 179 g/mol. The van der Waals surface area contributed by atoms with Gasteiger partial charge in [0.05, 0.1) is 0 Å². The molecule has 0 saturated heterocycles. The summed E-state index contributed by atoms with van der Waals surface area (Å²) < 4.78 is 0. The predicted octanol–water partition coefficient (Wildman–Crippen LogP) is 3.27. The van der Waals surface area contributed by atoms with Gasteiger partial charge in [-0.25, -0.2) is 0 Å². The van der Waals surface area contributed by atoms with E-state index in [1.54, 1.807) is 0 Å². The van der Waals surface area contributed by atoms with Crippen molar-refractivity contribution in [3.05, 3.63) is 35.6 Å². The molecule has 0 aliphatic heterocycles. The van der Waals surface area contributed by atoms with Crippen molar-refractivity contribution in [1.29, 1.82) is 0 Å². The number of allylic oxidation sites excluding steroid dienone is 4. The lowest BCUT2D eigenvalue weighted by Crippen LogP contribution is -2.09. The molecular formula is C12H21N. The van der Waals surface area contributed by atoms with Gasteiger partial charge < -0.3 is 5.32 Å². The van der Waals surface area contributed by atoms with Crippen LogP contribution in [0.1, 0.15) is 27.7 Å². The molecule has 0 aliphatic rings. The first kappa shape index (κ1) is 12.0. The highest BCUT2D eigenvalue weighted by atomic mass is 14.8. The Balaban J connectivity index is 5.06. The summed E-state index contributed by atoms with van der Waals surface area (Å²) in [5, 5.41) is 3.14. The summed E-state index contributed by atoms with van der Waals surface area (Å²) in [4.78, 5) is 0. The fraction of sp³-hybridized carbons (Fsp3) is 0.500. The molecule has 0 aliphatic carbocycles. The van der Waals surface area contributed by atoms with Crippen LogP contribution in [0.15, 0.2) is 35.6 Å². The molecular weight excluding hydrogens is 158 g/mol. The first-order valence-electron chi connectivity index (χ1n) is 4.65. The largest absolute Gasteiger partial charge is 0.391 e. The maximum atomic E-state index is 4.09. The fourth-order valence-electron chi connectivity index (χ4n) is 1.25. The van der Waals surface area contributed by atoms with E-state index in [4.69, 9.17) is 0 Å². The van der Waals surface area contributed by atoms with Crippen molar-refractivity contribution in [2.75, 3.05) is 7.05 Å². The molecule has 0 rings (SSSR count). The highest BCUT2D eigenvalue weighted by Crippen LogP contribution is 2.25. The van der Waals surface area contributed by atoms with Gasteiger partial charge in [-0.2, -0.15) is 0 Å². The van der Waals surface area contributed by atoms with Crippen LogP contribution < -0.4 is 5.32 Å². The Morgan fingerprint density at radius 1 is 1.15 bits per heavy atom. The fourth-order valence-corrected chi connectivity index (χ4v) is 1.25. The van der Waals surface area contributed by atoms with Crippen molar-refractivity contribution in [2.45, 2.75) is 27.7 Å². The molecule has 1 N–H and O–H groups in total. The molecule has 0 aromatic rings. The van der Waals surface area contributed by atoms with E-state index in [0.29, 0.717) is 5.92 Å². The maximum absolute atomic E-state index is 4.09. The SMILES string of the molecule is C=C(C)/C(C(=C)C(C)C)=C(\C)NC. The lowest BCUT2D eigenvalue weighted by Gasteiger charge is -2.17. The lowest BCUT2D eigenvalue weighted by atomic mass is 9.91. The zero-order valence-electron chi connectivity index (χ0n) is 9.49. The van der Waals surface area contributed by atoms with Crippen LogP contribution in [0, 0.1) is 5.92 Å². The smallest absolute Gasteiger partial charge is 0.0151 e. The second-order valence-corrected chi connectivity index (χ2v) is 3.71. The minimum absolute atomic E-state index is 0.468. The van der Waals surface area contributed by atoms with Crippen molar-refractivity contribution in [2.24, 2.45) is 5.92 Å². The molecule has 0 unspecified atom stereocenters. The van der Waals surface area contributed by atoms with Crippen LogP contribution in [-0.2, 0) is 0 Å². The quantitative estimate of drug-likeness (QED) is 0.653. The Hall–Kier alpha value is -0.980. The van der Waals surface area contributed by atoms with Crippen LogP contribution in [-0.4, -0.2) is 7.05 Å². The van der Waals surface area contributed by atoms with Gasteiger partial charge in [0.15, 0.2) is 0 Å². The second kappa shape index (κ2) is 4.90. The van der Waals surface area contributed by atoms with Gasteiger partial charge in [-0.3, -0.25) is 0 Å². The van der Waals surface area contributed by atoms with Gasteiger partial charge in [0.2, 0.25) is 0 Å². The van der Waals surface area contributed by atoms with E-state index < -0.39 is 0 Å². The van der Waals surface area contributed by atoms with Crippen LogP contribution in [0.2, 0.25) is 0 Å². The Bertz CT molecular complexity index is 244. The normalized spacial score (nSPS) is 12.5. The van der Waals surface area contributed by atoms with E-state index in [-0.39, 0.29) is 0 Å². The summed E-state index contributed by atoms with van der Waals surface area (Å²) in [7, 11) is 1.92. The van der Waals surface area contributed by atoms with Gasteiger partial charge in [0.1, 0.15) is 0 Å². The van der Waals surface area contributed by atoms with Crippen LogP contribution in [0.3, 0.4) is 0 Å². The topological polar surface area (TPSA) is 12.0 Å². The standard InChI is InChI=1S/C12H21N/c1-8(2)10(5)12(9(3)4)11(6)13-7/h8,13H,3,5H2,1-2,4,6-7H3/b12-11-. The van der Waals surface area contributed by atoms with E-state index in [1.807, 2.05) is 14.0 Å². The lowest BCUT2D eigenvalue weighted by molar-refractivity contribution is 0.774. The second-order valence-electron chi connectivity index (χ2n) is 3.71. The summed E-state index contributed by atoms with van der Waals surface area (Å²) in [5.74, 6) is 0.468. The molecule has 0 bridgehead atoms. The molecule has 13 heavy (non-hydrogen) atoms. The van der Waals surface area contributed by atoms with Crippen molar-refractivity contribution in [3.8, 4) is 0 Å². The molecule has 0 heterocycles. The summed E-state index contributed by atoms with van der Waals surface area (Å²) >= 11 is 0. The zero-order chi connectivity index (χ0) is 10.6. The van der Waals surface area contributed by atoms with E-state index in [9.17, 15) is 0 Å². The van der Waals surface area contributed by atoms with Crippen molar-refractivity contribution < 1.29 is 0 Å². The number of nitrogens with one attached hydrogen (secondary N) is 1. The third kappa shape index (κ3) is 3.10. The average Bonchev–Trinajstić information content (AvgIpc) is 2.03. The maximum Gasteiger partial charge on any atom is 0.0151 e. The Morgan fingerprint density at radius 3 is 1.85 bits per heavy atom. The molecule has 1 heteroatoms. The minimum Gasteiger partial charge on any atom is -0.391 e. The van der Waals surface area contributed by atoms with Crippen LogP contribution in [0.5, 0.6) is 0 Å². The molecule has 0 fully saturated rings. The van der Waals surface area contributed by atoms with Gasteiger partial charge in [0.25, 0.3) is 0 Å². The number of hydrogen-bond acceptors (Lipinski definition) is 1. The first-order chi connectivity index (χ1) is 5.91. The zero-order valence-corrected chi connectivity index (χ0v) is 9.49.